The maximum Gasteiger partial charge on any atom is 0.264 e. The van der Waals surface area contributed by atoms with Crippen molar-refractivity contribution in [3.8, 4) is 11.5 Å². The number of carbonyl (C=O) groups excluding carboxylic acids is 1. The summed E-state index contributed by atoms with van der Waals surface area (Å²) in [4.78, 5) is 17.6. The van der Waals surface area contributed by atoms with E-state index in [1.807, 2.05) is 48.5 Å². The lowest BCUT2D eigenvalue weighted by Crippen LogP contribution is -2.34. The summed E-state index contributed by atoms with van der Waals surface area (Å²) in [5, 5.41) is 6.94. The second-order valence-corrected chi connectivity index (χ2v) is 5.58. The number of hydrogen-bond donors (Lipinski definition) is 1. The molecule has 1 heterocycles. The molecule has 1 atom stereocenters. The molecule has 1 aliphatic rings. The highest BCUT2D eigenvalue weighted by Crippen LogP contribution is 2.33. The summed E-state index contributed by atoms with van der Waals surface area (Å²) in [6.07, 6.45) is -0.265. The molecule has 0 bridgehead atoms. The van der Waals surface area contributed by atoms with E-state index in [4.69, 9.17) is 14.3 Å². The van der Waals surface area contributed by atoms with Crippen LogP contribution in [0.25, 0.3) is 0 Å². The highest BCUT2D eigenvalue weighted by Gasteiger charge is 2.30. The van der Waals surface area contributed by atoms with Gasteiger partial charge >= 0.3 is 0 Å². The molecule has 0 aromatic heterocycles. The predicted octanol–water partition coefficient (Wildman–Crippen LogP) is 2.51. The minimum Gasteiger partial charge on any atom is -0.493 e. The first-order chi connectivity index (χ1) is 12.2. The smallest absolute Gasteiger partial charge is 0.264 e. The van der Waals surface area contributed by atoms with E-state index in [2.05, 4.69) is 10.5 Å². The Hall–Kier alpha value is -3.02. The van der Waals surface area contributed by atoms with Crippen LogP contribution < -0.4 is 14.8 Å². The number of hydrogen-bond acceptors (Lipinski definition) is 5. The van der Waals surface area contributed by atoms with Gasteiger partial charge in [-0.3, -0.25) is 4.79 Å². The zero-order valence-corrected chi connectivity index (χ0v) is 14.2. The Kier molecular flexibility index (Phi) is 5.18. The fourth-order valence-electron chi connectivity index (χ4n) is 2.69. The summed E-state index contributed by atoms with van der Waals surface area (Å²) in [5.74, 6) is 1.00. The fourth-order valence-corrected chi connectivity index (χ4v) is 2.69. The number of para-hydroxylation sites is 1. The van der Waals surface area contributed by atoms with Crippen LogP contribution in [0.5, 0.6) is 11.5 Å². The Bertz CT molecular complexity index is 774. The lowest BCUT2D eigenvalue weighted by Gasteiger charge is -2.12. The second-order valence-electron chi connectivity index (χ2n) is 5.58. The van der Waals surface area contributed by atoms with E-state index >= 15 is 0 Å². The normalized spacial score (nSPS) is 15.9. The number of methoxy groups -OCH3 is 2. The first-order valence-electron chi connectivity index (χ1n) is 7.98. The third-order valence-electron chi connectivity index (χ3n) is 3.98. The molecule has 0 saturated heterocycles. The minimum atomic E-state index is -0.644. The molecule has 1 amide bonds. The molecule has 2 aromatic rings. The SMILES string of the molecule is COc1cccc(C2=NO[C@H](C(=O)NCc3ccccc3)C2)c1OC. The number of rotatable bonds is 6. The molecule has 2 aromatic carbocycles. The molecule has 0 aliphatic carbocycles. The van der Waals surface area contributed by atoms with Gasteiger partial charge in [0.25, 0.3) is 5.91 Å². The summed E-state index contributed by atoms with van der Waals surface area (Å²) < 4.78 is 10.7. The first-order valence-corrected chi connectivity index (χ1v) is 7.98. The number of benzene rings is 2. The standard InChI is InChI=1S/C19H20N2O4/c1-23-16-10-6-9-14(18(16)24-2)15-11-17(25-21-15)19(22)20-12-13-7-4-3-5-8-13/h3-10,17H,11-12H2,1-2H3,(H,20,22)/t17-/m0/s1. The van der Waals surface area contributed by atoms with Crippen LogP contribution in [0.2, 0.25) is 0 Å². The van der Waals surface area contributed by atoms with Crippen molar-refractivity contribution in [2.24, 2.45) is 5.16 Å². The molecule has 0 fully saturated rings. The van der Waals surface area contributed by atoms with E-state index in [0.717, 1.165) is 11.1 Å². The van der Waals surface area contributed by atoms with Crippen molar-refractivity contribution in [2.45, 2.75) is 19.1 Å². The molecule has 0 spiro atoms. The molecule has 0 saturated carbocycles. The summed E-state index contributed by atoms with van der Waals surface area (Å²) >= 11 is 0. The fraction of sp³-hybridized carbons (Fsp3) is 0.263. The molecule has 25 heavy (non-hydrogen) atoms. The van der Waals surface area contributed by atoms with Gasteiger partial charge in [-0.15, -0.1) is 0 Å². The van der Waals surface area contributed by atoms with Crippen molar-refractivity contribution in [3.63, 3.8) is 0 Å². The van der Waals surface area contributed by atoms with E-state index in [1.165, 1.54) is 0 Å². The van der Waals surface area contributed by atoms with Gasteiger partial charge in [-0.2, -0.15) is 0 Å². The first kappa shape index (κ1) is 16.8. The molecular weight excluding hydrogens is 320 g/mol. The van der Waals surface area contributed by atoms with Gasteiger partial charge in [0.15, 0.2) is 11.5 Å². The van der Waals surface area contributed by atoms with Crippen molar-refractivity contribution in [1.29, 1.82) is 0 Å². The average Bonchev–Trinajstić information content (AvgIpc) is 3.16. The largest absolute Gasteiger partial charge is 0.493 e. The maximum atomic E-state index is 12.3. The quantitative estimate of drug-likeness (QED) is 0.877. The van der Waals surface area contributed by atoms with E-state index < -0.39 is 6.10 Å². The van der Waals surface area contributed by atoms with Gasteiger partial charge in [0.05, 0.1) is 19.9 Å². The molecule has 1 aliphatic heterocycles. The molecule has 3 rings (SSSR count). The number of amides is 1. The van der Waals surface area contributed by atoms with Gasteiger partial charge in [0.1, 0.15) is 0 Å². The molecule has 0 unspecified atom stereocenters. The highest BCUT2D eigenvalue weighted by atomic mass is 16.6. The molecule has 0 radical (unpaired) electrons. The average molecular weight is 340 g/mol. The van der Waals surface area contributed by atoms with Gasteiger partial charge in [-0.05, 0) is 17.7 Å². The van der Waals surface area contributed by atoms with Crippen LogP contribution in [0, 0.1) is 0 Å². The van der Waals surface area contributed by atoms with Crippen molar-refractivity contribution in [1.82, 2.24) is 5.32 Å². The van der Waals surface area contributed by atoms with Gasteiger partial charge in [-0.1, -0.05) is 41.6 Å². The Morgan fingerprint density at radius 3 is 2.68 bits per heavy atom. The maximum absolute atomic E-state index is 12.3. The predicted molar refractivity (Wildman–Crippen MR) is 93.9 cm³/mol. The Labute approximate surface area is 146 Å². The molecule has 130 valence electrons. The van der Waals surface area contributed by atoms with Crippen molar-refractivity contribution >= 4 is 11.6 Å². The van der Waals surface area contributed by atoms with Crippen LogP contribution in [-0.4, -0.2) is 31.9 Å². The van der Waals surface area contributed by atoms with Gasteiger partial charge < -0.3 is 19.6 Å². The number of nitrogens with one attached hydrogen (secondary N) is 1. The van der Waals surface area contributed by atoms with Crippen LogP contribution >= 0.6 is 0 Å². The molecule has 6 nitrogen and oxygen atoms in total. The Morgan fingerprint density at radius 1 is 1.16 bits per heavy atom. The second kappa shape index (κ2) is 7.70. The third kappa shape index (κ3) is 3.74. The van der Waals surface area contributed by atoms with Crippen molar-refractivity contribution in [2.75, 3.05) is 14.2 Å². The van der Waals surface area contributed by atoms with Crippen LogP contribution in [0.3, 0.4) is 0 Å². The number of oxime groups is 1. The summed E-state index contributed by atoms with van der Waals surface area (Å²) in [6.45, 7) is 0.456. The minimum absolute atomic E-state index is 0.190. The topological polar surface area (TPSA) is 69.2 Å². The molecule has 1 N–H and O–H groups in total. The summed E-state index contributed by atoms with van der Waals surface area (Å²) in [7, 11) is 3.15. The van der Waals surface area contributed by atoms with Crippen LogP contribution in [0.15, 0.2) is 53.7 Å². The zero-order chi connectivity index (χ0) is 17.6. The Balaban J connectivity index is 1.64. The monoisotopic (exact) mass is 340 g/mol. The van der Waals surface area contributed by atoms with E-state index in [0.29, 0.717) is 30.2 Å². The summed E-state index contributed by atoms with van der Waals surface area (Å²) in [6, 6.07) is 15.2. The number of carbonyl (C=O) groups is 1. The zero-order valence-electron chi connectivity index (χ0n) is 14.2. The van der Waals surface area contributed by atoms with Gasteiger partial charge in [0, 0.05) is 18.5 Å². The number of nitrogens with zero attached hydrogens (tertiary/aromatic N) is 1. The third-order valence-corrected chi connectivity index (χ3v) is 3.98. The van der Waals surface area contributed by atoms with Crippen molar-refractivity contribution < 1.29 is 19.1 Å². The lowest BCUT2D eigenvalue weighted by atomic mass is 10.0. The van der Waals surface area contributed by atoms with E-state index in [1.54, 1.807) is 14.2 Å². The van der Waals surface area contributed by atoms with E-state index in [9.17, 15) is 4.79 Å². The molecule has 6 heteroatoms. The van der Waals surface area contributed by atoms with Crippen molar-refractivity contribution in [3.05, 3.63) is 59.7 Å². The Morgan fingerprint density at radius 2 is 1.96 bits per heavy atom. The van der Waals surface area contributed by atoms with Crippen LogP contribution in [-0.2, 0) is 16.2 Å². The van der Waals surface area contributed by atoms with E-state index in [-0.39, 0.29) is 5.91 Å². The van der Waals surface area contributed by atoms with Crippen LogP contribution in [0.4, 0.5) is 0 Å². The lowest BCUT2D eigenvalue weighted by molar-refractivity contribution is -0.131. The molecular formula is C19H20N2O4. The van der Waals surface area contributed by atoms with Crippen LogP contribution in [0.1, 0.15) is 17.5 Å². The highest BCUT2D eigenvalue weighted by molar-refractivity contribution is 6.06. The summed E-state index contributed by atoms with van der Waals surface area (Å²) in [5.41, 5.74) is 2.46. The van der Waals surface area contributed by atoms with Gasteiger partial charge in [0.2, 0.25) is 6.10 Å². The van der Waals surface area contributed by atoms with Gasteiger partial charge in [-0.25, -0.2) is 0 Å². The number of ether oxygens (including phenoxy) is 2.